The van der Waals surface area contributed by atoms with Crippen molar-refractivity contribution in [3.05, 3.63) is 65.5 Å². The lowest BCUT2D eigenvalue weighted by atomic mass is 10.2. The molecule has 0 radical (unpaired) electrons. The lowest BCUT2D eigenvalue weighted by Crippen LogP contribution is -2.33. The summed E-state index contributed by atoms with van der Waals surface area (Å²) in [6.07, 6.45) is 0. The van der Waals surface area contributed by atoms with Crippen LogP contribution < -0.4 is 10.6 Å². The minimum absolute atomic E-state index is 0.139. The number of anilines is 1. The molecule has 0 fully saturated rings. The van der Waals surface area contributed by atoms with Gasteiger partial charge in [0, 0.05) is 5.69 Å². The number of hydrogen-bond donors (Lipinski definition) is 2. The molecule has 2 aromatic rings. The average molecular weight is 344 g/mol. The quantitative estimate of drug-likeness (QED) is 0.788. The lowest BCUT2D eigenvalue weighted by molar-refractivity contribution is -0.115. The summed E-state index contributed by atoms with van der Waals surface area (Å²) in [7, 11) is 0. The average Bonchev–Trinajstić information content (AvgIpc) is 2.60. The normalized spacial score (nSPS) is 10.0. The highest BCUT2D eigenvalue weighted by molar-refractivity contribution is 6.00. The number of halogens is 1. The lowest BCUT2D eigenvalue weighted by Gasteiger charge is -2.09. The zero-order chi connectivity index (χ0) is 18.2. The molecule has 2 amide bonds. The highest BCUT2D eigenvalue weighted by Gasteiger charge is 2.13. The van der Waals surface area contributed by atoms with E-state index in [1.165, 1.54) is 24.3 Å². The van der Waals surface area contributed by atoms with Crippen molar-refractivity contribution in [3.63, 3.8) is 0 Å². The van der Waals surface area contributed by atoms with Crippen LogP contribution in [-0.2, 0) is 9.53 Å². The predicted octanol–water partition coefficient (Wildman–Crippen LogP) is 2.37. The Labute approximate surface area is 144 Å². The second-order valence-electron chi connectivity index (χ2n) is 5.01. The molecule has 25 heavy (non-hydrogen) atoms. The van der Waals surface area contributed by atoms with Crippen LogP contribution >= 0.6 is 0 Å². The van der Waals surface area contributed by atoms with Crippen molar-refractivity contribution >= 4 is 23.5 Å². The van der Waals surface area contributed by atoms with Crippen LogP contribution in [0.15, 0.2) is 48.5 Å². The van der Waals surface area contributed by atoms with Gasteiger partial charge in [0.05, 0.1) is 24.3 Å². The molecule has 6 nitrogen and oxygen atoms in total. The van der Waals surface area contributed by atoms with Crippen LogP contribution in [0.3, 0.4) is 0 Å². The summed E-state index contributed by atoms with van der Waals surface area (Å²) < 4.78 is 18.4. The molecule has 0 spiro atoms. The summed E-state index contributed by atoms with van der Waals surface area (Å²) in [5.41, 5.74) is 0.547. The van der Waals surface area contributed by atoms with Gasteiger partial charge in [0.25, 0.3) is 5.91 Å². The fraction of sp³-hybridized carbons (Fsp3) is 0.167. The fourth-order valence-corrected chi connectivity index (χ4v) is 2.04. The number of benzene rings is 2. The van der Waals surface area contributed by atoms with E-state index < -0.39 is 23.6 Å². The van der Waals surface area contributed by atoms with Crippen LogP contribution in [0.25, 0.3) is 0 Å². The number of ether oxygens (including phenoxy) is 1. The zero-order valence-corrected chi connectivity index (χ0v) is 13.5. The van der Waals surface area contributed by atoms with Crippen molar-refractivity contribution in [1.29, 1.82) is 0 Å². The molecule has 0 aliphatic carbocycles. The Hall–Kier alpha value is -3.22. The first-order chi connectivity index (χ1) is 12.0. The monoisotopic (exact) mass is 344 g/mol. The smallest absolute Gasteiger partial charge is 0.338 e. The molecule has 0 heterocycles. The van der Waals surface area contributed by atoms with Gasteiger partial charge in [0.2, 0.25) is 5.91 Å². The van der Waals surface area contributed by atoms with Gasteiger partial charge >= 0.3 is 5.97 Å². The molecule has 130 valence electrons. The van der Waals surface area contributed by atoms with Crippen molar-refractivity contribution in [3.8, 4) is 0 Å². The van der Waals surface area contributed by atoms with Crippen molar-refractivity contribution in [2.24, 2.45) is 0 Å². The van der Waals surface area contributed by atoms with Crippen molar-refractivity contribution in [1.82, 2.24) is 5.32 Å². The third kappa shape index (κ3) is 5.13. The molecule has 0 unspecified atom stereocenters. The van der Waals surface area contributed by atoms with E-state index in [4.69, 9.17) is 4.74 Å². The Morgan fingerprint density at radius 3 is 2.56 bits per heavy atom. The van der Waals surface area contributed by atoms with E-state index in [9.17, 15) is 18.8 Å². The first kappa shape index (κ1) is 18.1. The highest BCUT2D eigenvalue weighted by atomic mass is 19.1. The summed E-state index contributed by atoms with van der Waals surface area (Å²) in [5, 5.41) is 4.88. The Morgan fingerprint density at radius 2 is 1.84 bits per heavy atom. The maximum Gasteiger partial charge on any atom is 0.338 e. The highest BCUT2D eigenvalue weighted by Crippen LogP contribution is 2.12. The van der Waals surface area contributed by atoms with E-state index in [0.717, 1.165) is 6.07 Å². The van der Waals surface area contributed by atoms with Gasteiger partial charge in [-0.05, 0) is 37.3 Å². The van der Waals surface area contributed by atoms with E-state index >= 15 is 0 Å². The third-order valence-corrected chi connectivity index (χ3v) is 3.19. The second kappa shape index (κ2) is 8.58. The Morgan fingerprint density at radius 1 is 1.08 bits per heavy atom. The van der Waals surface area contributed by atoms with E-state index in [2.05, 4.69) is 10.6 Å². The minimum atomic E-state index is -0.687. The fourth-order valence-electron chi connectivity index (χ4n) is 2.04. The maximum absolute atomic E-state index is 13.5. The van der Waals surface area contributed by atoms with Gasteiger partial charge < -0.3 is 15.4 Å². The summed E-state index contributed by atoms with van der Waals surface area (Å²) in [6, 6.07) is 11.7. The zero-order valence-electron chi connectivity index (χ0n) is 13.5. The number of rotatable bonds is 6. The molecule has 0 saturated heterocycles. The van der Waals surface area contributed by atoms with Gasteiger partial charge in [-0.15, -0.1) is 0 Å². The molecule has 2 N–H and O–H groups in total. The van der Waals surface area contributed by atoms with Crippen molar-refractivity contribution in [2.75, 3.05) is 18.5 Å². The minimum Gasteiger partial charge on any atom is -0.462 e. The summed E-state index contributed by atoms with van der Waals surface area (Å²) >= 11 is 0. The Balaban J connectivity index is 1.92. The number of nitrogens with one attached hydrogen (secondary N) is 2. The molecule has 0 aliphatic rings. The molecular formula is C18H17FN2O4. The first-order valence-electron chi connectivity index (χ1n) is 7.61. The van der Waals surface area contributed by atoms with Crippen molar-refractivity contribution < 1.29 is 23.5 Å². The van der Waals surface area contributed by atoms with Crippen LogP contribution in [0.5, 0.6) is 0 Å². The van der Waals surface area contributed by atoms with Gasteiger partial charge in [-0.1, -0.05) is 18.2 Å². The van der Waals surface area contributed by atoms with E-state index in [0.29, 0.717) is 11.3 Å². The van der Waals surface area contributed by atoms with Gasteiger partial charge in [-0.2, -0.15) is 0 Å². The van der Waals surface area contributed by atoms with E-state index in [1.807, 2.05) is 0 Å². The number of carbonyl (C=O) groups excluding carboxylic acids is 3. The summed E-state index contributed by atoms with van der Waals surface area (Å²) in [4.78, 5) is 35.4. The molecule has 2 aromatic carbocycles. The Kier molecular flexibility index (Phi) is 6.22. The molecule has 0 atom stereocenters. The van der Waals surface area contributed by atoms with Crippen LogP contribution in [0, 0.1) is 5.82 Å². The molecule has 0 saturated carbocycles. The summed E-state index contributed by atoms with van der Waals surface area (Å²) in [6.45, 7) is 1.61. The largest absolute Gasteiger partial charge is 0.462 e. The number of carbonyl (C=O) groups is 3. The standard InChI is InChI=1S/C18H17FN2O4/c1-2-25-18(24)12-6-5-7-13(10-12)21-16(22)11-20-17(23)14-8-3-4-9-15(14)19/h3-10H,2,11H2,1H3,(H,20,23)(H,21,22). The number of amides is 2. The van der Waals surface area contributed by atoms with Gasteiger partial charge in [-0.25, -0.2) is 9.18 Å². The number of esters is 1. The van der Waals surface area contributed by atoms with Crippen LogP contribution in [0.2, 0.25) is 0 Å². The molecule has 0 aromatic heterocycles. The maximum atomic E-state index is 13.5. The number of hydrogen-bond acceptors (Lipinski definition) is 4. The second-order valence-corrected chi connectivity index (χ2v) is 5.01. The van der Waals surface area contributed by atoms with Crippen molar-refractivity contribution in [2.45, 2.75) is 6.92 Å². The molecule has 7 heteroatoms. The Bertz CT molecular complexity index is 792. The molecular weight excluding hydrogens is 327 g/mol. The third-order valence-electron chi connectivity index (χ3n) is 3.19. The van der Waals surface area contributed by atoms with E-state index in [1.54, 1.807) is 25.1 Å². The van der Waals surface area contributed by atoms with Gasteiger partial charge in [0.15, 0.2) is 0 Å². The van der Waals surface area contributed by atoms with E-state index in [-0.39, 0.29) is 18.7 Å². The summed E-state index contributed by atoms with van der Waals surface area (Å²) in [5.74, 6) is -2.35. The first-order valence-corrected chi connectivity index (χ1v) is 7.61. The molecule has 0 aliphatic heterocycles. The predicted molar refractivity (Wildman–Crippen MR) is 89.8 cm³/mol. The van der Waals surface area contributed by atoms with Gasteiger partial charge in [0.1, 0.15) is 5.82 Å². The van der Waals surface area contributed by atoms with Crippen LogP contribution in [-0.4, -0.2) is 30.9 Å². The SMILES string of the molecule is CCOC(=O)c1cccc(NC(=O)CNC(=O)c2ccccc2F)c1. The van der Waals surface area contributed by atoms with Crippen LogP contribution in [0.4, 0.5) is 10.1 Å². The van der Waals surface area contributed by atoms with Crippen LogP contribution in [0.1, 0.15) is 27.6 Å². The molecule has 0 bridgehead atoms. The van der Waals surface area contributed by atoms with Gasteiger partial charge in [-0.3, -0.25) is 9.59 Å². The molecule has 2 rings (SSSR count). The topological polar surface area (TPSA) is 84.5 Å².